The first-order chi connectivity index (χ1) is 16.0. The third-order valence-electron chi connectivity index (χ3n) is 5.65. The highest BCUT2D eigenvalue weighted by Crippen LogP contribution is 2.29. The van der Waals surface area contributed by atoms with E-state index in [2.05, 4.69) is 22.5 Å². The molecule has 3 aromatic carbocycles. The summed E-state index contributed by atoms with van der Waals surface area (Å²) < 4.78 is 12.6. The lowest BCUT2D eigenvalue weighted by atomic mass is 10.0. The summed E-state index contributed by atoms with van der Waals surface area (Å²) in [4.78, 5) is 12.9. The number of carbonyl (C=O) groups is 1. The number of anilines is 1. The Labute approximate surface area is 193 Å². The van der Waals surface area contributed by atoms with Crippen molar-refractivity contribution in [3.8, 4) is 22.6 Å². The van der Waals surface area contributed by atoms with E-state index in [0.29, 0.717) is 23.6 Å². The summed E-state index contributed by atoms with van der Waals surface area (Å²) in [6, 6.07) is 23.5. The van der Waals surface area contributed by atoms with Gasteiger partial charge in [0.05, 0.1) is 37.8 Å². The Hall–Kier alpha value is -4.06. The number of amides is 1. The third kappa shape index (κ3) is 4.75. The molecular formula is C27H27N3O3. The van der Waals surface area contributed by atoms with Crippen molar-refractivity contribution in [1.82, 2.24) is 9.78 Å². The van der Waals surface area contributed by atoms with Crippen molar-refractivity contribution in [2.24, 2.45) is 0 Å². The second-order valence-electron chi connectivity index (χ2n) is 7.79. The summed E-state index contributed by atoms with van der Waals surface area (Å²) in [5, 5.41) is 7.67. The lowest BCUT2D eigenvalue weighted by Crippen LogP contribution is -2.13. The van der Waals surface area contributed by atoms with E-state index in [1.807, 2.05) is 79.2 Å². The van der Waals surface area contributed by atoms with Gasteiger partial charge in [0.1, 0.15) is 0 Å². The summed E-state index contributed by atoms with van der Waals surface area (Å²) in [5.41, 5.74) is 6.19. The van der Waals surface area contributed by atoms with Crippen molar-refractivity contribution >= 4 is 11.6 Å². The average Bonchev–Trinajstić information content (AvgIpc) is 3.11. The molecule has 0 aliphatic carbocycles. The molecule has 4 rings (SSSR count). The lowest BCUT2D eigenvalue weighted by Gasteiger charge is -2.11. The fraction of sp³-hybridized carbons (Fsp3) is 0.185. The molecule has 0 atom stereocenters. The number of aryl methyl sites for hydroxylation is 1. The third-order valence-corrected chi connectivity index (χ3v) is 5.65. The van der Waals surface area contributed by atoms with Gasteiger partial charge in [-0.05, 0) is 54.8 Å². The van der Waals surface area contributed by atoms with Crippen LogP contribution in [0.2, 0.25) is 0 Å². The zero-order chi connectivity index (χ0) is 23.4. The molecule has 0 spiro atoms. The number of methoxy groups -OCH3 is 2. The van der Waals surface area contributed by atoms with E-state index in [9.17, 15) is 4.79 Å². The Morgan fingerprint density at radius 1 is 0.879 bits per heavy atom. The maximum Gasteiger partial charge on any atom is 0.255 e. The van der Waals surface area contributed by atoms with Crippen molar-refractivity contribution in [2.75, 3.05) is 19.5 Å². The van der Waals surface area contributed by atoms with Crippen molar-refractivity contribution in [1.29, 1.82) is 0 Å². The number of ether oxygens (including phenoxy) is 2. The number of hydrogen-bond donors (Lipinski definition) is 1. The fourth-order valence-electron chi connectivity index (χ4n) is 3.81. The molecule has 0 unspecified atom stereocenters. The van der Waals surface area contributed by atoms with E-state index in [4.69, 9.17) is 9.47 Å². The molecule has 0 radical (unpaired) electrons. The van der Waals surface area contributed by atoms with Crippen molar-refractivity contribution in [2.45, 2.75) is 20.4 Å². The SMILES string of the molecule is COc1ccc(Cn2nc(C)c(NC(=O)c3ccc(-c4ccccc4)cc3)c2C)cc1OC. The van der Waals surface area contributed by atoms with Crippen LogP contribution in [0.4, 0.5) is 5.69 Å². The van der Waals surface area contributed by atoms with E-state index >= 15 is 0 Å². The first kappa shape index (κ1) is 22.1. The average molecular weight is 442 g/mol. The van der Waals surface area contributed by atoms with E-state index in [1.165, 1.54) is 0 Å². The molecule has 4 aromatic rings. The summed E-state index contributed by atoms with van der Waals surface area (Å²) in [5.74, 6) is 1.19. The number of benzene rings is 3. The number of aromatic nitrogens is 2. The number of nitrogens with one attached hydrogen (secondary N) is 1. The minimum Gasteiger partial charge on any atom is -0.493 e. The van der Waals surface area contributed by atoms with Gasteiger partial charge >= 0.3 is 0 Å². The fourth-order valence-corrected chi connectivity index (χ4v) is 3.81. The van der Waals surface area contributed by atoms with Crippen LogP contribution in [-0.2, 0) is 6.54 Å². The van der Waals surface area contributed by atoms with Gasteiger partial charge in [-0.25, -0.2) is 0 Å². The maximum atomic E-state index is 12.9. The summed E-state index contributed by atoms with van der Waals surface area (Å²) in [6.45, 7) is 4.40. The lowest BCUT2D eigenvalue weighted by molar-refractivity contribution is 0.102. The molecule has 0 bridgehead atoms. The normalized spacial score (nSPS) is 10.7. The smallest absolute Gasteiger partial charge is 0.255 e. The van der Waals surface area contributed by atoms with E-state index in [-0.39, 0.29) is 5.91 Å². The molecule has 1 heterocycles. The van der Waals surface area contributed by atoms with Crippen LogP contribution < -0.4 is 14.8 Å². The summed E-state index contributed by atoms with van der Waals surface area (Å²) in [6.07, 6.45) is 0. The molecule has 0 aliphatic rings. The highest BCUT2D eigenvalue weighted by Gasteiger charge is 2.16. The second kappa shape index (κ2) is 9.61. The van der Waals surface area contributed by atoms with Gasteiger partial charge in [0.2, 0.25) is 0 Å². The minimum absolute atomic E-state index is 0.161. The van der Waals surface area contributed by atoms with Crippen LogP contribution in [0.25, 0.3) is 11.1 Å². The Morgan fingerprint density at radius 3 is 2.21 bits per heavy atom. The van der Waals surface area contributed by atoms with Crippen LogP contribution in [0, 0.1) is 13.8 Å². The van der Waals surface area contributed by atoms with Gasteiger partial charge in [-0.15, -0.1) is 0 Å². The van der Waals surface area contributed by atoms with Crippen LogP contribution in [0.1, 0.15) is 27.3 Å². The predicted octanol–water partition coefficient (Wildman–Crippen LogP) is 5.48. The Balaban J connectivity index is 1.51. The van der Waals surface area contributed by atoms with E-state index < -0.39 is 0 Å². The molecular weight excluding hydrogens is 414 g/mol. The quantitative estimate of drug-likeness (QED) is 0.412. The molecule has 1 N–H and O–H groups in total. The monoisotopic (exact) mass is 441 g/mol. The Morgan fingerprint density at radius 2 is 1.55 bits per heavy atom. The first-order valence-electron chi connectivity index (χ1n) is 10.7. The van der Waals surface area contributed by atoms with Crippen LogP contribution in [-0.4, -0.2) is 29.9 Å². The Bertz CT molecular complexity index is 1260. The first-order valence-corrected chi connectivity index (χ1v) is 10.7. The van der Waals surface area contributed by atoms with Crippen molar-refractivity contribution < 1.29 is 14.3 Å². The number of rotatable bonds is 7. The highest BCUT2D eigenvalue weighted by atomic mass is 16.5. The molecule has 33 heavy (non-hydrogen) atoms. The maximum absolute atomic E-state index is 12.9. The number of hydrogen-bond acceptors (Lipinski definition) is 4. The van der Waals surface area contributed by atoms with Gasteiger partial charge in [0.25, 0.3) is 5.91 Å². The van der Waals surface area contributed by atoms with Crippen molar-refractivity contribution in [3.05, 3.63) is 95.3 Å². The van der Waals surface area contributed by atoms with Crippen LogP contribution in [0.5, 0.6) is 11.5 Å². The van der Waals surface area contributed by atoms with Gasteiger partial charge in [0.15, 0.2) is 11.5 Å². The van der Waals surface area contributed by atoms with Crippen LogP contribution >= 0.6 is 0 Å². The highest BCUT2D eigenvalue weighted by molar-refractivity contribution is 6.05. The molecule has 0 fully saturated rings. The second-order valence-corrected chi connectivity index (χ2v) is 7.79. The van der Waals surface area contributed by atoms with Crippen molar-refractivity contribution in [3.63, 3.8) is 0 Å². The molecule has 6 heteroatoms. The zero-order valence-electron chi connectivity index (χ0n) is 19.3. The minimum atomic E-state index is -0.161. The van der Waals surface area contributed by atoms with E-state index in [0.717, 1.165) is 33.8 Å². The van der Waals surface area contributed by atoms with E-state index in [1.54, 1.807) is 14.2 Å². The zero-order valence-corrected chi connectivity index (χ0v) is 19.3. The van der Waals surface area contributed by atoms with Crippen LogP contribution in [0.3, 0.4) is 0 Å². The molecule has 1 aromatic heterocycles. The number of carbonyl (C=O) groups excluding carboxylic acids is 1. The number of nitrogens with zero attached hydrogens (tertiary/aromatic N) is 2. The summed E-state index contributed by atoms with van der Waals surface area (Å²) in [7, 11) is 3.23. The summed E-state index contributed by atoms with van der Waals surface area (Å²) >= 11 is 0. The van der Waals surface area contributed by atoms with Gasteiger partial charge < -0.3 is 14.8 Å². The largest absolute Gasteiger partial charge is 0.493 e. The molecule has 168 valence electrons. The molecule has 0 saturated heterocycles. The van der Waals surface area contributed by atoms with Gasteiger partial charge in [-0.2, -0.15) is 5.10 Å². The predicted molar refractivity (Wildman–Crippen MR) is 130 cm³/mol. The van der Waals surface area contributed by atoms with Crippen LogP contribution in [0.15, 0.2) is 72.8 Å². The standard InChI is InChI=1S/C27H27N3O3/c1-18-26(19(2)30(29-18)17-20-10-15-24(32-3)25(16-20)33-4)28-27(31)23-13-11-22(12-14-23)21-8-6-5-7-9-21/h5-16H,17H2,1-4H3,(H,28,31). The molecule has 6 nitrogen and oxygen atoms in total. The Kier molecular flexibility index (Phi) is 6.45. The van der Waals surface area contributed by atoms with Gasteiger partial charge in [-0.1, -0.05) is 48.5 Å². The molecule has 0 saturated carbocycles. The molecule has 1 amide bonds. The topological polar surface area (TPSA) is 65.4 Å². The molecule has 0 aliphatic heterocycles. The van der Waals surface area contributed by atoms with Gasteiger partial charge in [0, 0.05) is 5.56 Å². The van der Waals surface area contributed by atoms with Gasteiger partial charge in [-0.3, -0.25) is 9.48 Å².